The zero-order valence-electron chi connectivity index (χ0n) is 15.8. The zero-order chi connectivity index (χ0) is 20.6. The number of nitrogens with zero attached hydrogens (tertiary/aromatic N) is 2. The van der Waals surface area contributed by atoms with Gasteiger partial charge in [0, 0.05) is 18.2 Å². The van der Waals surface area contributed by atoms with Gasteiger partial charge in [-0.3, -0.25) is 14.6 Å². The fourth-order valence-corrected chi connectivity index (χ4v) is 2.74. The number of benzene rings is 2. The Morgan fingerprint density at radius 2 is 1.69 bits per heavy atom. The lowest BCUT2D eigenvalue weighted by atomic mass is 10.1. The zero-order valence-corrected chi connectivity index (χ0v) is 15.8. The molecular weight excluding hydrogens is 372 g/mol. The fourth-order valence-electron chi connectivity index (χ4n) is 2.74. The van der Waals surface area contributed by atoms with Crippen LogP contribution in [0.3, 0.4) is 0 Å². The Labute approximate surface area is 167 Å². The molecule has 0 saturated heterocycles. The van der Waals surface area contributed by atoms with Gasteiger partial charge in [0.05, 0.1) is 30.4 Å². The van der Waals surface area contributed by atoms with Gasteiger partial charge in [-0.2, -0.15) is 0 Å². The average Bonchev–Trinajstić information content (AvgIpc) is 2.77. The van der Waals surface area contributed by atoms with E-state index < -0.39 is 17.9 Å². The molecule has 1 atom stereocenters. The molecule has 0 radical (unpaired) electrons. The Morgan fingerprint density at radius 3 is 2.41 bits per heavy atom. The van der Waals surface area contributed by atoms with E-state index in [2.05, 4.69) is 20.6 Å². The third-order valence-electron chi connectivity index (χ3n) is 4.18. The molecule has 3 aromatic rings. The second kappa shape index (κ2) is 9.41. The van der Waals surface area contributed by atoms with Crippen LogP contribution in [0.1, 0.15) is 16.1 Å². The summed E-state index contributed by atoms with van der Waals surface area (Å²) in [7, 11) is 1.24. The predicted molar refractivity (Wildman–Crippen MR) is 106 cm³/mol. The van der Waals surface area contributed by atoms with Crippen molar-refractivity contribution >= 4 is 28.8 Å². The maximum atomic E-state index is 12.2. The molecule has 8 heteroatoms. The minimum absolute atomic E-state index is 0.114. The van der Waals surface area contributed by atoms with Crippen LogP contribution in [0.2, 0.25) is 0 Å². The lowest BCUT2D eigenvalue weighted by molar-refractivity contribution is -0.144. The number of carbonyl (C=O) groups excluding carboxylic acids is 3. The number of methoxy groups -OCH3 is 1. The van der Waals surface area contributed by atoms with Crippen LogP contribution < -0.4 is 10.6 Å². The first kappa shape index (κ1) is 19.9. The number of nitrogens with one attached hydrogen (secondary N) is 2. The van der Waals surface area contributed by atoms with E-state index in [-0.39, 0.29) is 18.9 Å². The molecule has 29 heavy (non-hydrogen) atoms. The third-order valence-corrected chi connectivity index (χ3v) is 4.18. The first-order valence-electron chi connectivity index (χ1n) is 8.98. The van der Waals surface area contributed by atoms with Gasteiger partial charge in [0.2, 0.25) is 5.91 Å². The van der Waals surface area contributed by atoms with Crippen LogP contribution in [0.15, 0.2) is 60.8 Å². The van der Waals surface area contributed by atoms with E-state index in [4.69, 9.17) is 4.74 Å². The molecule has 0 fully saturated rings. The number of amides is 2. The molecule has 1 aromatic heterocycles. The standard InChI is InChI=1S/C21H20N4O4/c1-29-21(28)18(11-15-12-22-16-9-5-6-10-17(16)24-15)25-19(26)13-23-20(27)14-7-3-2-4-8-14/h2-10,12,18H,11,13H2,1H3,(H,23,27)(H,25,26)/t18-/m0/s1. The van der Waals surface area contributed by atoms with Crippen molar-refractivity contribution in [2.75, 3.05) is 13.7 Å². The minimum atomic E-state index is -0.948. The summed E-state index contributed by atoms with van der Waals surface area (Å²) < 4.78 is 4.78. The number of ether oxygens (including phenoxy) is 1. The molecule has 0 aliphatic carbocycles. The summed E-state index contributed by atoms with van der Waals surface area (Å²) in [4.78, 5) is 45.2. The first-order chi connectivity index (χ1) is 14.1. The number of hydrogen-bond donors (Lipinski definition) is 2. The lowest BCUT2D eigenvalue weighted by Crippen LogP contribution is -2.47. The highest BCUT2D eigenvalue weighted by Gasteiger charge is 2.23. The van der Waals surface area contributed by atoms with Gasteiger partial charge in [0.25, 0.3) is 5.91 Å². The molecule has 148 valence electrons. The Balaban J connectivity index is 1.62. The van der Waals surface area contributed by atoms with Crippen molar-refractivity contribution < 1.29 is 19.1 Å². The minimum Gasteiger partial charge on any atom is -0.467 e. The second-order valence-electron chi connectivity index (χ2n) is 6.25. The summed E-state index contributed by atoms with van der Waals surface area (Å²) in [5.41, 5.74) is 2.40. The first-order valence-corrected chi connectivity index (χ1v) is 8.98. The highest BCUT2D eigenvalue weighted by molar-refractivity contribution is 5.96. The van der Waals surface area contributed by atoms with Gasteiger partial charge in [-0.1, -0.05) is 30.3 Å². The van der Waals surface area contributed by atoms with Gasteiger partial charge in [0.15, 0.2) is 0 Å². The van der Waals surface area contributed by atoms with Gasteiger partial charge in [-0.05, 0) is 24.3 Å². The quantitative estimate of drug-likeness (QED) is 0.586. The summed E-state index contributed by atoms with van der Waals surface area (Å²) >= 11 is 0. The van der Waals surface area contributed by atoms with E-state index in [9.17, 15) is 14.4 Å². The molecule has 2 aromatic carbocycles. The van der Waals surface area contributed by atoms with Crippen LogP contribution in [0.4, 0.5) is 0 Å². The molecule has 0 spiro atoms. The SMILES string of the molecule is COC(=O)[C@H](Cc1cnc2ccccc2n1)NC(=O)CNC(=O)c1ccccc1. The highest BCUT2D eigenvalue weighted by Crippen LogP contribution is 2.10. The number of esters is 1. The van der Waals surface area contributed by atoms with Crippen molar-refractivity contribution in [1.82, 2.24) is 20.6 Å². The van der Waals surface area contributed by atoms with Gasteiger partial charge in [0.1, 0.15) is 6.04 Å². The van der Waals surface area contributed by atoms with Crippen LogP contribution in [0, 0.1) is 0 Å². The van der Waals surface area contributed by atoms with E-state index in [1.54, 1.807) is 36.5 Å². The predicted octanol–water partition coefficient (Wildman–Crippen LogP) is 1.26. The lowest BCUT2D eigenvalue weighted by Gasteiger charge is -2.16. The summed E-state index contributed by atoms with van der Waals surface area (Å²) in [6, 6.07) is 14.9. The number of para-hydroxylation sites is 2. The van der Waals surface area contributed by atoms with Crippen molar-refractivity contribution in [2.45, 2.75) is 12.5 Å². The van der Waals surface area contributed by atoms with Crippen LogP contribution in [0.25, 0.3) is 11.0 Å². The molecular formula is C21H20N4O4. The highest BCUT2D eigenvalue weighted by atomic mass is 16.5. The molecule has 0 unspecified atom stereocenters. The smallest absolute Gasteiger partial charge is 0.328 e. The molecule has 2 N–H and O–H groups in total. The van der Waals surface area contributed by atoms with Gasteiger partial charge < -0.3 is 15.4 Å². The maximum Gasteiger partial charge on any atom is 0.328 e. The van der Waals surface area contributed by atoms with Crippen molar-refractivity contribution in [3.8, 4) is 0 Å². The number of fused-ring (bicyclic) bond motifs is 1. The van der Waals surface area contributed by atoms with E-state index in [0.717, 1.165) is 5.52 Å². The summed E-state index contributed by atoms with van der Waals surface area (Å²) in [6.45, 7) is -0.273. The molecule has 8 nitrogen and oxygen atoms in total. The molecule has 3 rings (SSSR count). The molecule has 1 heterocycles. The second-order valence-corrected chi connectivity index (χ2v) is 6.25. The maximum absolute atomic E-state index is 12.2. The molecule has 0 bridgehead atoms. The Bertz CT molecular complexity index is 1020. The number of carbonyl (C=O) groups is 3. The summed E-state index contributed by atoms with van der Waals surface area (Å²) in [5.74, 6) is -1.50. The van der Waals surface area contributed by atoms with Crippen LogP contribution in [-0.2, 0) is 20.7 Å². The Hall–Kier alpha value is -3.81. The van der Waals surface area contributed by atoms with Crippen LogP contribution in [-0.4, -0.2) is 47.4 Å². The van der Waals surface area contributed by atoms with E-state index in [1.165, 1.54) is 7.11 Å². The van der Waals surface area contributed by atoms with Gasteiger partial charge in [-0.25, -0.2) is 9.78 Å². The monoisotopic (exact) mass is 392 g/mol. The van der Waals surface area contributed by atoms with Crippen molar-refractivity contribution in [2.24, 2.45) is 0 Å². The van der Waals surface area contributed by atoms with Crippen LogP contribution >= 0.6 is 0 Å². The summed E-state index contributed by atoms with van der Waals surface area (Å²) in [6.07, 6.45) is 1.67. The van der Waals surface area contributed by atoms with Gasteiger partial charge in [-0.15, -0.1) is 0 Å². The van der Waals surface area contributed by atoms with Crippen molar-refractivity contribution in [3.63, 3.8) is 0 Å². The van der Waals surface area contributed by atoms with E-state index >= 15 is 0 Å². The number of rotatable bonds is 7. The van der Waals surface area contributed by atoms with Crippen LogP contribution in [0.5, 0.6) is 0 Å². The number of hydrogen-bond acceptors (Lipinski definition) is 6. The topological polar surface area (TPSA) is 110 Å². The largest absolute Gasteiger partial charge is 0.467 e. The number of aromatic nitrogens is 2. The van der Waals surface area contributed by atoms with E-state index in [0.29, 0.717) is 16.8 Å². The molecule has 0 aliphatic rings. The normalized spacial score (nSPS) is 11.5. The van der Waals surface area contributed by atoms with Crippen molar-refractivity contribution in [1.29, 1.82) is 0 Å². The third kappa shape index (κ3) is 5.35. The fraction of sp³-hybridized carbons (Fsp3) is 0.190. The average molecular weight is 392 g/mol. The Morgan fingerprint density at radius 1 is 1.00 bits per heavy atom. The van der Waals surface area contributed by atoms with E-state index in [1.807, 2.05) is 24.3 Å². The van der Waals surface area contributed by atoms with Crippen molar-refractivity contribution in [3.05, 3.63) is 72.1 Å². The molecule has 0 saturated carbocycles. The molecule has 0 aliphatic heterocycles. The summed E-state index contributed by atoms with van der Waals surface area (Å²) in [5, 5.41) is 5.09. The Kier molecular flexibility index (Phi) is 6.47. The molecule has 2 amide bonds. The van der Waals surface area contributed by atoms with Gasteiger partial charge >= 0.3 is 5.97 Å².